The Labute approximate surface area is 133 Å². The summed E-state index contributed by atoms with van der Waals surface area (Å²) >= 11 is 3.16. The fourth-order valence-electron chi connectivity index (χ4n) is 1.94. The van der Waals surface area contributed by atoms with Crippen molar-refractivity contribution in [1.29, 1.82) is 0 Å². The molecule has 0 saturated carbocycles. The van der Waals surface area contributed by atoms with Gasteiger partial charge in [-0.1, -0.05) is 23.1 Å². The maximum absolute atomic E-state index is 11.6. The van der Waals surface area contributed by atoms with E-state index in [0.29, 0.717) is 13.2 Å². The maximum atomic E-state index is 11.6. The van der Waals surface area contributed by atoms with Crippen LogP contribution in [0.25, 0.3) is 0 Å². The number of carbonyl (C=O) groups is 1. The fraction of sp³-hybridized carbons (Fsp3) is 0.769. The molecule has 0 radical (unpaired) electrons. The second kappa shape index (κ2) is 9.34. The van der Waals surface area contributed by atoms with E-state index < -0.39 is 0 Å². The van der Waals surface area contributed by atoms with Crippen LogP contribution in [0.5, 0.6) is 0 Å². The molecule has 118 valence electrons. The molecule has 0 unspecified atom stereocenters. The zero-order valence-electron chi connectivity index (χ0n) is 12.2. The summed E-state index contributed by atoms with van der Waals surface area (Å²) in [6.07, 6.45) is 3.49. The van der Waals surface area contributed by atoms with Gasteiger partial charge in [0.1, 0.15) is 11.6 Å². The van der Waals surface area contributed by atoms with Crippen molar-refractivity contribution in [3.63, 3.8) is 0 Å². The third-order valence-corrected chi connectivity index (χ3v) is 4.94. The topological polar surface area (TPSA) is 73.3 Å². The molecule has 2 rings (SSSR count). The number of hydrogen-bond acceptors (Lipinski definition) is 7. The summed E-state index contributed by atoms with van der Waals surface area (Å²) in [6, 6.07) is 0. The number of aryl methyl sites for hydroxylation is 1. The van der Waals surface area contributed by atoms with Crippen LogP contribution in [0.2, 0.25) is 0 Å². The molecule has 1 fully saturated rings. The van der Waals surface area contributed by atoms with Crippen molar-refractivity contribution in [3.8, 4) is 0 Å². The summed E-state index contributed by atoms with van der Waals surface area (Å²) in [5, 5.41) is 11.7. The van der Waals surface area contributed by atoms with Crippen LogP contribution in [-0.2, 0) is 14.3 Å². The number of aromatic nitrogens is 2. The minimum atomic E-state index is -0.0835. The third kappa shape index (κ3) is 6.73. The Morgan fingerprint density at radius 3 is 3.14 bits per heavy atom. The van der Waals surface area contributed by atoms with Crippen molar-refractivity contribution in [2.75, 3.05) is 32.1 Å². The van der Waals surface area contributed by atoms with E-state index in [1.54, 1.807) is 23.1 Å². The lowest BCUT2D eigenvalue weighted by Gasteiger charge is -2.22. The van der Waals surface area contributed by atoms with E-state index in [1.165, 1.54) is 6.42 Å². The third-order valence-electron chi connectivity index (χ3n) is 2.97. The number of hydrogen-bond donors (Lipinski definition) is 1. The molecule has 0 bridgehead atoms. The van der Waals surface area contributed by atoms with Crippen molar-refractivity contribution in [1.82, 2.24) is 15.5 Å². The van der Waals surface area contributed by atoms with Crippen LogP contribution >= 0.6 is 23.1 Å². The first-order chi connectivity index (χ1) is 10.2. The largest absolute Gasteiger partial charge is 0.376 e. The molecule has 1 N–H and O–H groups in total. The highest BCUT2D eigenvalue weighted by atomic mass is 32.2. The molecule has 1 aliphatic heterocycles. The predicted molar refractivity (Wildman–Crippen MR) is 82.8 cm³/mol. The highest BCUT2D eigenvalue weighted by Crippen LogP contribution is 2.20. The first-order valence-electron chi connectivity index (χ1n) is 7.13. The van der Waals surface area contributed by atoms with E-state index in [9.17, 15) is 4.79 Å². The van der Waals surface area contributed by atoms with E-state index in [4.69, 9.17) is 9.47 Å². The molecule has 8 heteroatoms. The quantitative estimate of drug-likeness (QED) is 0.577. The monoisotopic (exact) mass is 331 g/mol. The van der Waals surface area contributed by atoms with E-state index >= 15 is 0 Å². The average Bonchev–Trinajstić information content (AvgIpc) is 2.90. The molecule has 1 aliphatic rings. The number of nitrogens with zero attached hydrogens (tertiary/aromatic N) is 2. The fourth-order valence-corrected chi connectivity index (χ4v) is 3.68. The van der Waals surface area contributed by atoms with E-state index in [1.807, 2.05) is 6.92 Å². The molecule has 1 atom stereocenters. The summed E-state index contributed by atoms with van der Waals surface area (Å²) < 4.78 is 11.9. The molecule has 0 aromatic carbocycles. The van der Waals surface area contributed by atoms with Gasteiger partial charge in [0.15, 0.2) is 4.34 Å². The Hall–Kier alpha value is -0.700. The van der Waals surface area contributed by atoms with Crippen molar-refractivity contribution in [3.05, 3.63) is 5.01 Å². The summed E-state index contributed by atoms with van der Waals surface area (Å²) in [7, 11) is 0. The summed E-state index contributed by atoms with van der Waals surface area (Å²) in [5.74, 6) is 0.700. The van der Waals surface area contributed by atoms with Gasteiger partial charge in [0.05, 0.1) is 12.7 Å². The number of thioether (sulfide) groups is 1. The van der Waals surface area contributed by atoms with Gasteiger partial charge in [-0.15, -0.1) is 10.2 Å². The molecular formula is C13H21N3O3S2. The summed E-state index contributed by atoms with van der Waals surface area (Å²) in [6.45, 7) is 3.94. The number of amides is 1. The van der Waals surface area contributed by atoms with Crippen LogP contribution < -0.4 is 5.32 Å². The number of carbonyl (C=O) groups excluding carboxylic acids is 1. The molecule has 21 heavy (non-hydrogen) atoms. The smallest absolute Gasteiger partial charge is 0.246 e. The minimum absolute atomic E-state index is 0.0835. The van der Waals surface area contributed by atoms with Gasteiger partial charge >= 0.3 is 0 Å². The summed E-state index contributed by atoms with van der Waals surface area (Å²) in [5.41, 5.74) is 0. The second-order valence-corrected chi connectivity index (χ2v) is 7.31. The van der Waals surface area contributed by atoms with E-state index in [0.717, 1.165) is 34.5 Å². The number of nitrogens with one attached hydrogen (secondary N) is 1. The van der Waals surface area contributed by atoms with Crippen molar-refractivity contribution >= 4 is 29.0 Å². The van der Waals surface area contributed by atoms with Crippen LogP contribution in [-0.4, -0.2) is 54.3 Å². The molecular weight excluding hydrogens is 310 g/mol. The molecule has 1 aromatic heterocycles. The highest BCUT2D eigenvalue weighted by Gasteiger charge is 2.14. The van der Waals surface area contributed by atoms with Crippen LogP contribution in [0.15, 0.2) is 4.34 Å². The van der Waals surface area contributed by atoms with Crippen molar-refractivity contribution < 1.29 is 14.3 Å². The first kappa shape index (κ1) is 16.7. The zero-order valence-corrected chi connectivity index (χ0v) is 13.8. The Balaban J connectivity index is 1.47. The van der Waals surface area contributed by atoms with Crippen LogP contribution in [0.1, 0.15) is 24.3 Å². The first-order valence-corrected chi connectivity index (χ1v) is 8.93. The summed E-state index contributed by atoms with van der Waals surface area (Å²) in [4.78, 5) is 11.6. The maximum Gasteiger partial charge on any atom is 0.246 e. The number of rotatable bonds is 8. The van der Waals surface area contributed by atoms with Crippen molar-refractivity contribution in [2.45, 2.75) is 36.6 Å². The molecule has 1 saturated heterocycles. The Morgan fingerprint density at radius 2 is 2.43 bits per heavy atom. The van der Waals surface area contributed by atoms with Gasteiger partial charge in [0, 0.05) is 18.9 Å². The molecule has 0 spiro atoms. The molecule has 1 amide bonds. The van der Waals surface area contributed by atoms with Crippen molar-refractivity contribution in [2.24, 2.45) is 0 Å². The zero-order chi connectivity index (χ0) is 14.9. The highest BCUT2D eigenvalue weighted by molar-refractivity contribution is 8.01. The van der Waals surface area contributed by atoms with Gasteiger partial charge in [0.2, 0.25) is 5.91 Å². The van der Waals surface area contributed by atoms with E-state index in [-0.39, 0.29) is 18.6 Å². The average molecular weight is 331 g/mol. The standard InChI is InChI=1S/C13H21N3O3S2/c1-10-15-16-13(21-10)20-7-5-14-12(17)9-18-8-11-4-2-3-6-19-11/h11H,2-9H2,1H3,(H,14,17)/t11-/m0/s1. The Kier molecular flexibility index (Phi) is 7.42. The normalized spacial score (nSPS) is 18.6. The molecule has 1 aromatic rings. The van der Waals surface area contributed by atoms with E-state index in [2.05, 4.69) is 15.5 Å². The SMILES string of the molecule is Cc1nnc(SCCNC(=O)COC[C@@H]2CCCCO2)s1. The lowest BCUT2D eigenvalue weighted by molar-refractivity contribution is -0.127. The second-order valence-electron chi connectivity index (χ2n) is 4.79. The lowest BCUT2D eigenvalue weighted by atomic mass is 10.1. The van der Waals surface area contributed by atoms with Crippen LogP contribution in [0, 0.1) is 6.92 Å². The Bertz CT molecular complexity index is 436. The molecule has 0 aliphatic carbocycles. The number of ether oxygens (including phenoxy) is 2. The van der Waals surface area contributed by atoms with Gasteiger partial charge in [-0.25, -0.2) is 0 Å². The van der Waals surface area contributed by atoms with Gasteiger partial charge < -0.3 is 14.8 Å². The predicted octanol–water partition coefficient (Wildman–Crippen LogP) is 1.64. The molecule has 2 heterocycles. The van der Waals surface area contributed by atoms with Gasteiger partial charge in [-0.3, -0.25) is 4.79 Å². The van der Waals surface area contributed by atoms with Gasteiger partial charge in [0.25, 0.3) is 0 Å². The lowest BCUT2D eigenvalue weighted by Crippen LogP contribution is -2.32. The van der Waals surface area contributed by atoms with Crippen LogP contribution in [0.4, 0.5) is 0 Å². The minimum Gasteiger partial charge on any atom is -0.376 e. The van der Waals surface area contributed by atoms with Gasteiger partial charge in [-0.05, 0) is 26.2 Å². The van der Waals surface area contributed by atoms with Crippen LogP contribution in [0.3, 0.4) is 0 Å². The van der Waals surface area contributed by atoms with Gasteiger partial charge in [-0.2, -0.15) is 0 Å². The Morgan fingerprint density at radius 1 is 1.52 bits per heavy atom. The molecule has 6 nitrogen and oxygen atoms in total.